The van der Waals surface area contributed by atoms with E-state index in [1.807, 2.05) is 33.0 Å². The van der Waals surface area contributed by atoms with Gasteiger partial charge in [-0.05, 0) is 32.2 Å². The molecule has 0 aromatic carbocycles. The topological polar surface area (TPSA) is 0 Å². The van der Waals surface area contributed by atoms with Crippen LogP contribution in [0.1, 0.15) is 130 Å². The van der Waals surface area contributed by atoms with E-state index in [1.54, 1.807) is 9.75 Å². The number of hydrogen-bond acceptors (Lipinski definition) is 2. The van der Waals surface area contributed by atoms with Gasteiger partial charge in [0.05, 0.1) is 0 Å². The zero-order valence-corrected chi connectivity index (χ0v) is 24.7. The molecule has 0 aliphatic carbocycles. The molecule has 33 heavy (non-hydrogen) atoms. The van der Waals surface area contributed by atoms with Crippen LogP contribution < -0.4 is 10.4 Å². The summed E-state index contributed by atoms with van der Waals surface area (Å²) in [4.78, 5) is 3.34. The Morgan fingerprint density at radius 1 is 0.606 bits per heavy atom. The zero-order chi connectivity index (χ0) is 23.5. The van der Waals surface area contributed by atoms with Gasteiger partial charge in [0.25, 0.3) is 0 Å². The van der Waals surface area contributed by atoms with Crippen LogP contribution in [-0.4, -0.2) is 8.07 Å². The summed E-state index contributed by atoms with van der Waals surface area (Å²) >= 11 is 4.07. The summed E-state index contributed by atoms with van der Waals surface area (Å²) in [6.07, 6.45) is 22.8. The first-order chi connectivity index (χ1) is 16.2. The average molecular weight is 503 g/mol. The fourth-order valence-corrected chi connectivity index (χ4v) is 17.1. The third-order valence-electron chi connectivity index (χ3n) is 8.38. The molecular weight excluding hydrogens is 453 g/mol. The Balaban J connectivity index is 1.79. The first kappa shape index (κ1) is 27.2. The third-order valence-corrected chi connectivity index (χ3v) is 17.1. The largest absolute Gasteiger partial charge is 0.143 e. The van der Waals surface area contributed by atoms with Crippen molar-refractivity contribution >= 4 is 41.1 Å². The van der Waals surface area contributed by atoms with E-state index in [0.29, 0.717) is 0 Å². The molecule has 0 radical (unpaired) electrons. The minimum atomic E-state index is -1.75. The van der Waals surface area contributed by atoms with Gasteiger partial charge in [0.15, 0.2) is 0 Å². The fourth-order valence-electron chi connectivity index (χ4n) is 6.72. The van der Waals surface area contributed by atoms with E-state index >= 15 is 0 Å². The van der Waals surface area contributed by atoms with Crippen molar-refractivity contribution in [3.63, 3.8) is 0 Å². The van der Waals surface area contributed by atoms with Crippen LogP contribution in [0.2, 0.25) is 11.1 Å². The minimum Gasteiger partial charge on any atom is -0.143 e. The van der Waals surface area contributed by atoms with Crippen molar-refractivity contribution in [1.82, 2.24) is 0 Å². The molecule has 2 aromatic heterocycles. The fraction of sp³-hybridized carbons (Fsp3) is 0.733. The Hall–Kier alpha value is -0.383. The molecule has 0 bridgehead atoms. The first-order valence-corrected chi connectivity index (χ1v) is 18.3. The van der Waals surface area contributed by atoms with Gasteiger partial charge < -0.3 is 0 Å². The summed E-state index contributed by atoms with van der Waals surface area (Å²) in [6.45, 7) is 9.77. The minimum absolute atomic E-state index is 0.865. The lowest BCUT2D eigenvalue weighted by atomic mass is 10.1. The summed E-state index contributed by atoms with van der Waals surface area (Å²) in [5.41, 5.74) is 1.79. The van der Waals surface area contributed by atoms with Gasteiger partial charge in [0.2, 0.25) is 0 Å². The summed E-state index contributed by atoms with van der Waals surface area (Å²) < 4.78 is 0. The second-order valence-electron chi connectivity index (χ2n) is 10.7. The van der Waals surface area contributed by atoms with Crippen molar-refractivity contribution in [2.24, 2.45) is 0 Å². The summed E-state index contributed by atoms with van der Waals surface area (Å²) in [6, 6.07) is 5.17. The van der Waals surface area contributed by atoms with E-state index in [4.69, 9.17) is 0 Å². The van der Waals surface area contributed by atoms with Crippen LogP contribution in [0.5, 0.6) is 0 Å². The molecule has 0 spiro atoms. The molecule has 1 aliphatic rings. The van der Waals surface area contributed by atoms with Gasteiger partial charge in [0.1, 0.15) is 8.07 Å². The number of unbranched alkanes of at least 4 members (excludes halogenated alkanes) is 10. The van der Waals surface area contributed by atoms with E-state index in [-0.39, 0.29) is 0 Å². The summed E-state index contributed by atoms with van der Waals surface area (Å²) in [5, 5.41) is 8.52. The van der Waals surface area contributed by atoms with E-state index in [2.05, 4.69) is 50.6 Å². The number of rotatable bonds is 18. The van der Waals surface area contributed by atoms with Crippen LogP contribution in [-0.2, 0) is 0 Å². The maximum absolute atomic E-state index is 2.68. The maximum Gasteiger partial charge on any atom is 0.127 e. The Kier molecular flexibility index (Phi) is 11.7. The maximum atomic E-state index is 2.68. The normalized spacial score (nSPS) is 16.0. The second-order valence-corrected chi connectivity index (χ2v) is 17.1. The SMILES string of the molecule is CCCCCCCCCC(C)[Si]1(C(CCC)CCCCCCC)c2ccsc2-c2sccc21. The van der Waals surface area contributed by atoms with Gasteiger partial charge in [-0.1, -0.05) is 143 Å². The highest BCUT2D eigenvalue weighted by atomic mass is 32.1. The second kappa shape index (κ2) is 14.2. The van der Waals surface area contributed by atoms with Gasteiger partial charge in [-0.3, -0.25) is 0 Å². The van der Waals surface area contributed by atoms with E-state index in [0.717, 1.165) is 11.1 Å². The van der Waals surface area contributed by atoms with Crippen molar-refractivity contribution < 1.29 is 0 Å². The van der Waals surface area contributed by atoms with Crippen molar-refractivity contribution in [1.29, 1.82) is 0 Å². The van der Waals surface area contributed by atoms with Gasteiger partial charge in [-0.25, -0.2) is 0 Å². The number of thiophene rings is 2. The molecule has 3 heterocycles. The van der Waals surface area contributed by atoms with Crippen molar-refractivity contribution in [3.8, 4) is 9.75 Å². The average Bonchev–Trinajstić information content (AvgIpc) is 3.52. The van der Waals surface area contributed by atoms with Crippen LogP contribution >= 0.6 is 22.7 Å². The molecule has 0 saturated carbocycles. The standard InChI is InChI=1S/C30H50S2Si/c1-5-8-10-12-13-15-16-19-25(4)33(26(18-7-3)20-17-14-11-9-6-2)27-21-23-31-29(27)30-28(33)22-24-32-30/h21-26H,5-20H2,1-4H3. The van der Waals surface area contributed by atoms with Crippen LogP contribution in [0.4, 0.5) is 0 Å². The lowest BCUT2D eigenvalue weighted by Gasteiger charge is -2.42. The molecule has 0 amide bonds. The molecule has 1 aliphatic heterocycles. The molecular formula is C30H50S2Si. The summed E-state index contributed by atoms with van der Waals surface area (Å²) in [5.74, 6) is 0. The van der Waals surface area contributed by atoms with E-state index < -0.39 is 8.07 Å². The van der Waals surface area contributed by atoms with Crippen LogP contribution in [0, 0.1) is 0 Å². The lowest BCUT2D eigenvalue weighted by Crippen LogP contribution is -2.61. The molecule has 0 fully saturated rings. The Labute approximate surface area is 214 Å². The molecule has 0 saturated heterocycles. The number of hydrogen-bond donors (Lipinski definition) is 0. The first-order valence-electron chi connectivity index (χ1n) is 14.4. The highest BCUT2D eigenvalue weighted by Gasteiger charge is 2.54. The molecule has 2 aromatic rings. The van der Waals surface area contributed by atoms with Gasteiger partial charge in [-0.15, -0.1) is 22.7 Å². The molecule has 3 rings (SSSR count). The molecule has 3 heteroatoms. The number of fused-ring (bicyclic) bond motifs is 3. The molecule has 2 atom stereocenters. The van der Waals surface area contributed by atoms with Gasteiger partial charge in [-0.2, -0.15) is 0 Å². The van der Waals surface area contributed by atoms with Gasteiger partial charge in [0, 0.05) is 9.75 Å². The quantitative estimate of drug-likeness (QED) is 0.140. The van der Waals surface area contributed by atoms with Crippen LogP contribution in [0.3, 0.4) is 0 Å². The molecule has 186 valence electrons. The van der Waals surface area contributed by atoms with Gasteiger partial charge >= 0.3 is 0 Å². The van der Waals surface area contributed by atoms with Crippen molar-refractivity contribution in [3.05, 3.63) is 22.9 Å². The Morgan fingerprint density at radius 2 is 1.09 bits per heavy atom. The monoisotopic (exact) mass is 502 g/mol. The zero-order valence-electron chi connectivity index (χ0n) is 22.1. The van der Waals surface area contributed by atoms with Crippen molar-refractivity contribution in [2.45, 2.75) is 142 Å². The predicted octanol–water partition coefficient (Wildman–Crippen LogP) is 10.4. The van der Waals surface area contributed by atoms with Crippen molar-refractivity contribution in [2.75, 3.05) is 0 Å². The lowest BCUT2D eigenvalue weighted by molar-refractivity contribution is 0.546. The summed E-state index contributed by atoms with van der Waals surface area (Å²) in [7, 11) is -1.75. The third kappa shape index (κ3) is 6.25. The van der Waals surface area contributed by atoms with Crippen LogP contribution in [0.15, 0.2) is 22.9 Å². The Morgan fingerprint density at radius 3 is 1.61 bits per heavy atom. The molecule has 0 N–H and O–H groups in total. The van der Waals surface area contributed by atoms with Crippen LogP contribution in [0.25, 0.3) is 9.75 Å². The smallest absolute Gasteiger partial charge is 0.127 e. The van der Waals surface area contributed by atoms with E-state index in [9.17, 15) is 0 Å². The highest BCUT2D eigenvalue weighted by molar-refractivity contribution is 7.28. The molecule has 0 nitrogen and oxygen atoms in total. The predicted molar refractivity (Wildman–Crippen MR) is 157 cm³/mol. The molecule has 2 unspecified atom stereocenters. The Bertz CT molecular complexity index is 749. The van der Waals surface area contributed by atoms with E-state index in [1.165, 1.54) is 103 Å². The highest BCUT2D eigenvalue weighted by Crippen LogP contribution is 2.49.